The Labute approximate surface area is 328 Å². The molecule has 0 amide bonds. The van der Waals surface area contributed by atoms with Crippen molar-refractivity contribution >= 4 is 49.3 Å². The van der Waals surface area contributed by atoms with Gasteiger partial charge in [0, 0.05) is 68.6 Å². The Balaban J connectivity index is 1.31. The van der Waals surface area contributed by atoms with Crippen LogP contribution in [0.15, 0.2) is 152 Å². The van der Waals surface area contributed by atoms with Crippen molar-refractivity contribution in [3.05, 3.63) is 175 Å². The summed E-state index contributed by atoms with van der Waals surface area (Å²) in [7, 11) is 0. The molecule has 11 heteroatoms. The van der Waals surface area contributed by atoms with Crippen LogP contribution in [0.4, 0.5) is 18.9 Å². The van der Waals surface area contributed by atoms with Gasteiger partial charge in [-0.25, -0.2) is 24.8 Å². The average Bonchev–Trinajstić information content (AvgIpc) is 3.78. The maximum absolute atomic E-state index is 14.5. The third-order valence-electron chi connectivity index (χ3n) is 10.4. The third-order valence-corrected chi connectivity index (χ3v) is 10.4. The van der Waals surface area contributed by atoms with Gasteiger partial charge in [0.2, 0.25) is 0 Å². The standard InChI is InChI=1S/C47H25F3N8/c1-52-33-21-30(20-32(25-33)47(48,49)50)36-26-43(57-39-10-4-2-8-34(39)37-22-28(12-14-41(37)57)45-53-16-6-17-54-45)31(27-51)24-44(36)58-40-11-5-3-9-35(40)38-23-29(13-15-42(38)58)46-55-18-7-19-56-46/h2-26H. The number of fused-ring (bicyclic) bond motifs is 6. The molecule has 10 rings (SSSR count). The summed E-state index contributed by atoms with van der Waals surface area (Å²) in [6.07, 6.45) is 1.99. The second kappa shape index (κ2) is 13.3. The molecule has 0 fully saturated rings. The first-order valence-electron chi connectivity index (χ1n) is 18.1. The van der Waals surface area contributed by atoms with Crippen LogP contribution < -0.4 is 0 Å². The fourth-order valence-electron chi connectivity index (χ4n) is 7.90. The van der Waals surface area contributed by atoms with Crippen LogP contribution in [0.5, 0.6) is 0 Å². The van der Waals surface area contributed by atoms with Gasteiger partial charge in [0.05, 0.1) is 45.6 Å². The van der Waals surface area contributed by atoms with E-state index in [0.29, 0.717) is 28.6 Å². The minimum absolute atomic E-state index is 0.163. The number of hydrogen-bond donors (Lipinski definition) is 0. The molecule has 274 valence electrons. The van der Waals surface area contributed by atoms with E-state index in [2.05, 4.69) is 30.9 Å². The second-order valence-electron chi connectivity index (χ2n) is 13.7. The molecule has 0 saturated carbocycles. The van der Waals surface area contributed by atoms with Crippen LogP contribution in [0.1, 0.15) is 11.1 Å². The minimum atomic E-state index is -4.72. The number of para-hydroxylation sites is 2. The molecular weight excluding hydrogens is 734 g/mol. The van der Waals surface area contributed by atoms with Crippen LogP contribution in [0.2, 0.25) is 0 Å². The number of hydrogen-bond acceptors (Lipinski definition) is 5. The van der Waals surface area contributed by atoms with E-state index in [-0.39, 0.29) is 16.8 Å². The fraction of sp³-hybridized carbons (Fsp3) is 0.0213. The molecular formula is C47H25F3N8. The second-order valence-corrected chi connectivity index (χ2v) is 13.7. The first kappa shape index (κ1) is 34.3. The number of aromatic nitrogens is 6. The van der Waals surface area contributed by atoms with Gasteiger partial charge < -0.3 is 9.13 Å². The van der Waals surface area contributed by atoms with Crippen LogP contribution in [0.25, 0.3) is 93.7 Å². The predicted octanol–water partition coefficient (Wildman–Crippen LogP) is 11.9. The summed E-state index contributed by atoms with van der Waals surface area (Å²) in [5.41, 5.74) is 5.34. The Kier molecular flexibility index (Phi) is 7.85. The van der Waals surface area contributed by atoms with Crippen molar-refractivity contribution in [3.63, 3.8) is 0 Å². The molecule has 0 N–H and O–H groups in total. The van der Waals surface area contributed by atoms with Crippen LogP contribution in [-0.2, 0) is 6.18 Å². The zero-order valence-electron chi connectivity index (χ0n) is 30.1. The van der Waals surface area contributed by atoms with Gasteiger partial charge in [-0.1, -0.05) is 36.4 Å². The summed E-state index contributed by atoms with van der Waals surface area (Å²) in [4.78, 5) is 21.2. The predicted molar refractivity (Wildman–Crippen MR) is 219 cm³/mol. The highest BCUT2D eigenvalue weighted by molar-refractivity contribution is 6.12. The van der Waals surface area contributed by atoms with E-state index in [4.69, 9.17) is 6.57 Å². The molecule has 0 atom stereocenters. The van der Waals surface area contributed by atoms with E-state index < -0.39 is 11.7 Å². The maximum Gasteiger partial charge on any atom is 0.415 e. The zero-order valence-corrected chi connectivity index (χ0v) is 30.1. The molecule has 0 spiro atoms. The third kappa shape index (κ3) is 5.53. The highest BCUT2D eigenvalue weighted by atomic mass is 19.4. The van der Waals surface area contributed by atoms with Crippen molar-refractivity contribution in [1.29, 1.82) is 5.26 Å². The molecule has 4 aromatic heterocycles. The van der Waals surface area contributed by atoms with Crippen molar-refractivity contribution in [2.75, 3.05) is 0 Å². The van der Waals surface area contributed by atoms with Gasteiger partial charge in [-0.05, 0) is 96.6 Å². The molecule has 0 radical (unpaired) electrons. The molecule has 58 heavy (non-hydrogen) atoms. The van der Waals surface area contributed by atoms with Gasteiger partial charge in [0.25, 0.3) is 0 Å². The lowest BCUT2D eigenvalue weighted by molar-refractivity contribution is -0.137. The van der Waals surface area contributed by atoms with Gasteiger partial charge in [-0.2, -0.15) is 18.4 Å². The van der Waals surface area contributed by atoms with E-state index in [1.165, 1.54) is 6.07 Å². The molecule has 4 heterocycles. The normalized spacial score (nSPS) is 11.7. The van der Waals surface area contributed by atoms with Crippen molar-refractivity contribution in [3.8, 4) is 51.3 Å². The van der Waals surface area contributed by atoms with E-state index in [9.17, 15) is 18.4 Å². The smallest absolute Gasteiger partial charge is 0.309 e. The molecule has 0 aliphatic heterocycles. The van der Waals surface area contributed by atoms with Gasteiger partial charge >= 0.3 is 6.18 Å². The topological polar surface area (TPSA) is 89.6 Å². The van der Waals surface area contributed by atoms with Gasteiger partial charge in [-0.15, -0.1) is 0 Å². The van der Waals surface area contributed by atoms with Crippen molar-refractivity contribution in [1.82, 2.24) is 29.1 Å². The van der Waals surface area contributed by atoms with E-state index >= 15 is 0 Å². The van der Waals surface area contributed by atoms with Gasteiger partial charge in [0.1, 0.15) is 6.07 Å². The van der Waals surface area contributed by atoms with E-state index in [0.717, 1.165) is 66.9 Å². The summed E-state index contributed by atoms with van der Waals surface area (Å²) in [5.74, 6) is 1.10. The Hall–Kier alpha value is -8.15. The molecule has 0 aliphatic carbocycles. The lowest BCUT2D eigenvalue weighted by atomic mass is 9.97. The Morgan fingerprint density at radius 1 is 0.534 bits per heavy atom. The quantitative estimate of drug-likeness (QED) is 0.163. The number of nitriles is 1. The van der Waals surface area contributed by atoms with Crippen molar-refractivity contribution in [2.24, 2.45) is 0 Å². The summed E-state index contributed by atoms with van der Waals surface area (Å²) in [6, 6.07) is 40.0. The number of alkyl halides is 3. The van der Waals surface area contributed by atoms with Crippen LogP contribution in [0.3, 0.4) is 0 Å². The van der Waals surface area contributed by atoms with Gasteiger partial charge in [-0.3, -0.25) is 0 Å². The summed E-state index contributed by atoms with van der Waals surface area (Å²) in [6.45, 7) is 7.77. The largest absolute Gasteiger partial charge is 0.415 e. The highest BCUT2D eigenvalue weighted by Gasteiger charge is 2.32. The number of halogens is 3. The lowest BCUT2D eigenvalue weighted by Crippen LogP contribution is -2.06. The number of benzene rings is 6. The first-order valence-corrected chi connectivity index (χ1v) is 18.1. The maximum atomic E-state index is 14.5. The van der Waals surface area contributed by atoms with Crippen LogP contribution in [-0.4, -0.2) is 29.1 Å². The van der Waals surface area contributed by atoms with Crippen LogP contribution >= 0.6 is 0 Å². The molecule has 0 bridgehead atoms. The SMILES string of the molecule is [C-]#[N+]c1cc(-c2cc(-n3c4ccccc4c4cc(-c5ncccn5)ccc43)c(C#N)cc2-n2c3ccccc3c3cc(-c4ncccn4)ccc32)cc(C(F)(F)F)c1. The van der Waals surface area contributed by atoms with E-state index in [1.807, 2.05) is 94.1 Å². The van der Waals surface area contributed by atoms with E-state index in [1.54, 1.807) is 49.1 Å². The summed E-state index contributed by atoms with van der Waals surface area (Å²) >= 11 is 0. The molecule has 6 aromatic carbocycles. The van der Waals surface area contributed by atoms with Crippen LogP contribution in [0, 0.1) is 17.9 Å². The first-order chi connectivity index (χ1) is 28.3. The number of nitrogens with zero attached hydrogens (tertiary/aromatic N) is 8. The number of rotatable bonds is 5. The zero-order chi connectivity index (χ0) is 39.5. The molecule has 0 aliphatic rings. The average molecular weight is 759 g/mol. The fourth-order valence-corrected chi connectivity index (χ4v) is 7.90. The summed E-state index contributed by atoms with van der Waals surface area (Å²) < 4.78 is 47.5. The van der Waals surface area contributed by atoms with Crippen molar-refractivity contribution < 1.29 is 13.2 Å². The molecule has 0 saturated heterocycles. The molecule has 0 unspecified atom stereocenters. The lowest BCUT2D eigenvalue weighted by Gasteiger charge is -2.20. The molecule has 8 nitrogen and oxygen atoms in total. The molecule has 10 aromatic rings. The van der Waals surface area contributed by atoms with Gasteiger partial charge in [0.15, 0.2) is 17.3 Å². The summed E-state index contributed by atoms with van der Waals surface area (Å²) in [5, 5.41) is 14.5. The Morgan fingerprint density at radius 3 is 1.57 bits per heavy atom. The minimum Gasteiger partial charge on any atom is -0.309 e. The monoisotopic (exact) mass is 758 g/mol. The Bertz CT molecular complexity index is 3360. The Morgan fingerprint density at radius 2 is 1.05 bits per heavy atom. The van der Waals surface area contributed by atoms with Crippen molar-refractivity contribution in [2.45, 2.75) is 6.18 Å². The highest BCUT2D eigenvalue weighted by Crippen LogP contribution is 2.44.